The van der Waals surface area contributed by atoms with Crippen LogP contribution >= 0.6 is 0 Å². The van der Waals surface area contributed by atoms with Gasteiger partial charge in [0.1, 0.15) is 12.2 Å². The fraction of sp³-hybridized carbons (Fsp3) is 1.00. The van der Waals surface area contributed by atoms with Gasteiger partial charge in [-0.25, -0.2) is 0 Å². The van der Waals surface area contributed by atoms with Crippen LogP contribution in [0, 0.1) is 0 Å². The third-order valence-electron chi connectivity index (χ3n) is 1.99. The second-order valence-corrected chi connectivity index (χ2v) is 3.83. The Bertz CT molecular complexity index is 178. The van der Waals surface area contributed by atoms with Gasteiger partial charge in [0.2, 0.25) is 0 Å². The molecule has 2 atom stereocenters. The Kier molecular flexibility index (Phi) is 3.86. The van der Waals surface area contributed by atoms with Crippen LogP contribution in [-0.2, 0) is 14.2 Å². The third kappa shape index (κ3) is 2.90. The zero-order chi connectivity index (χ0) is 10.8. The third-order valence-corrected chi connectivity index (χ3v) is 1.99. The molecule has 84 valence electrons. The molecule has 0 amide bonds. The summed E-state index contributed by atoms with van der Waals surface area (Å²) in [5.41, 5.74) is 0. The standard InChI is InChI=1S/C9H18O5/c1-6-8(12-7(4-10)5-11)14-9(2,3)13-6/h6-8,10-11H,4-5H2,1-3H3/t6-,8-/m1/s1. The molecule has 1 saturated heterocycles. The zero-order valence-corrected chi connectivity index (χ0v) is 8.77. The van der Waals surface area contributed by atoms with Gasteiger partial charge in [0.25, 0.3) is 0 Å². The molecule has 0 saturated carbocycles. The van der Waals surface area contributed by atoms with Crippen LogP contribution in [0.2, 0.25) is 0 Å². The van der Waals surface area contributed by atoms with Crippen molar-refractivity contribution in [3.63, 3.8) is 0 Å². The van der Waals surface area contributed by atoms with Crippen molar-refractivity contribution < 1.29 is 24.4 Å². The van der Waals surface area contributed by atoms with Gasteiger partial charge in [-0.05, 0) is 20.8 Å². The summed E-state index contributed by atoms with van der Waals surface area (Å²) in [5, 5.41) is 17.6. The van der Waals surface area contributed by atoms with Crippen LogP contribution in [0.5, 0.6) is 0 Å². The Balaban J connectivity index is 2.45. The van der Waals surface area contributed by atoms with E-state index in [-0.39, 0.29) is 19.3 Å². The van der Waals surface area contributed by atoms with E-state index >= 15 is 0 Å². The highest BCUT2D eigenvalue weighted by Crippen LogP contribution is 2.28. The lowest BCUT2D eigenvalue weighted by Gasteiger charge is -2.20. The first-order valence-electron chi connectivity index (χ1n) is 4.71. The van der Waals surface area contributed by atoms with Crippen LogP contribution in [0.25, 0.3) is 0 Å². The molecule has 0 aliphatic carbocycles. The van der Waals surface area contributed by atoms with Crippen LogP contribution in [0.1, 0.15) is 20.8 Å². The average molecular weight is 206 g/mol. The molecular formula is C9H18O5. The van der Waals surface area contributed by atoms with Crippen LogP contribution < -0.4 is 0 Å². The molecular weight excluding hydrogens is 188 g/mol. The molecule has 0 spiro atoms. The lowest BCUT2D eigenvalue weighted by Crippen LogP contribution is -2.33. The molecule has 0 bridgehead atoms. The molecule has 1 fully saturated rings. The van der Waals surface area contributed by atoms with Crippen molar-refractivity contribution in [1.29, 1.82) is 0 Å². The number of hydrogen-bond acceptors (Lipinski definition) is 5. The zero-order valence-electron chi connectivity index (χ0n) is 8.77. The minimum atomic E-state index is -0.667. The van der Waals surface area contributed by atoms with Gasteiger partial charge >= 0.3 is 0 Å². The Labute approximate surface area is 83.6 Å². The largest absolute Gasteiger partial charge is 0.394 e. The van der Waals surface area contributed by atoms with E-state index in [1.165, 1.54) is 0 Å². The minimum Gasteiger partial charge on any atom is -0.394 e. The average Bonchev–Trinajstić information content (AvgIpc) is 2.35. The molecule has 0 aromatic carbocycles. The number of aliphatic hydroxyl groups excluding tert-OH is 2. The topological polar surface area (TPSA) is 68.2 Å². The predicted octanol–water partition coefficient (Wildman–Crippen LogP) is -0.146. The summed E-state index contributed by atoms with van der Waals surface area (Å²) in [5.74, 6) is -0.667. The maximum absolute atomic E-state index is 8.82. The van der Waals surface area contributed by atoms with Crippen molar-refractivity contribution >= 4 is 0 Å². The van der Waals surface area contributed by atoms with Gasteiger partial charge in [0.05, 0.1) is 13.2 Å². The van der Waals surface area contributed by atoms with Crippen LogP contribution in [0.3, 0.4) is 0 Å². The Hall–Kier alpha value is -0.200. The fourth-order valence-electron chi connectivity index (χ4n) is 1.38. The van der Waals surface area contributed by atoms with Crippen molar-refractivity contribution in [1.82, 2.24) is 0 Å². The Morgan fingerprint density at radius 3 is 2.21 bits per heavy atom. The highest BCUT2D eigenvalue weighted by molar-refractivity contribution is 4.73. The summed E-state index contributed by atoms with van der Waals surface area (Å²) in [6, 6.07) is 0. The minimum absolute atomic E-state index is 0.203. The number of rotatable bonds is 4. The molecule has 14 heavy (non-hydrogen) atoms. The molecule has 1 aliphatic heterocycles. The molecule has 1 aliphatic rings. The maximum Gasteiger partial charge on any atom is 0.187 e. The molecule has 5 heteroatoms. The predicted molar refractivity (Wildman–Crippen MR) is 48.5 cm³/mol. The monoisotopic (exact) mass is 206 g/mol. The van der Waals surface area contributed by atoms with E-state index in [1.54, 1.807) is 13.8 Å². The summed E-state index contributed by atoms with van der Waals surface area (Å²) in [6.07, 6.45) is -1.35. The Morgan fingerprint density at radius 1 is 1.29 bits per heavy atom. The molecule has 0 unspecified atom stereocenters. The van der Waals surface area contributed by atoms with Crippen molar-refractivity contribution in [3.05, 3.63) is 0 Å². The normalized spacial score (nSPS) is 31.3. The van der Waals surface area contributed by atoms with Gasteiger partial charge in [-0.3, -0.25) is 0 Å². The second kappa shape index (κ2) is 4.55. The molecule has 2 N–H and O–H groups in total. The highest BCUT2D eigenvalue weighted by Gasteiger charge is 2.40. The van der Waals surface area contributed by atoms with E-state index in [0.717, 1.165) is 0 Å². The molecule has 1 rings (SSSR count). The van der Waals surface area contributed by atoms with Gasteiger partial charge in [0, 0.05) is 0 Å². The lowest BCUT2D eigenvalue weighted by atomic mass is 10.3. The summed E-state index contributed by atoms with van der Waals surface area (Å²) in [4.78, 5) is 0. The molecule has 0 radical (unpaired) electrons. The molecule has 0 aromatic heterocycles. The smallest absolute Gasteiger partial charge is 0.187 e. The van der Waals surface area contributed by atoms with Gasteiger partial charge < -0.3 is 24.4 Å². The van der Waals surface area contributed by atoms with E-state index in [9.17, 15) is 0 Å². The van der Waals surface area contributed by atoms with Crippen LogP contribution in [0.4, 0.5) is 0 Å². The van der Waals surface area contributed by atoms with Crippen molar-refractivity contribution in [2.24, 2.45) is 0 Å². The summed E-state index contributed by atoms with van der Waals surface area (Å²) < 4.78 is 16.2. The number of aliphatic hydroxyl groups is 2. The van der Waals surface area contributed by atoms with E-state index in [0.29, 0.717) is 0 Å². The van der Waals surface area contributed by atoms with E-state index in [1.807, 2.05) is 6.92 Å². The quantitative estimate of drug-likeness (QED) is 0.669. The van der Waals surface area contributed by atoms with Crippen molar-refractivity contribution in [2.75, 3.05) is 13.2 Å². The van der Waals surface area contributed by atoms with E-state index in [2.05, 4.69) is 0 Å². The first kappa shape index (κ1) is 11.9. The maximum atomic E-state index is 8.82. The van der Waals surface area contributed by atoms with Gasteiger partial charge in [-0.1, -0.05) is 0 Å². The number of hydrogen-bond donors (Lipinski definition) is 2. The summed E-state index contributed by atoms with van der Waals surface area (Å²) in [7, 11) is 0. The first-order valence-corrected chi connectivity index (χ1v) is 4.71. The lowest BCUT2D eigenvalue weighted by molar-refractivity contribution is -0.212. The van der Waals surface area contributed by atoms with E-state index < -0.39 is 18.2 Å². The SMILES string of the molecule is C[C@H]1OC(C)(C)O[C@H]1OC(CO)CO. The van der Waals surface area contributed by atoms with E-state index in [4.69, 9.17) is 24.4 Å². The van der Waals surface area contributed by atoms with Gasteiger partial charge in [-0.2, -0.15) is 0 Å². The highest BCUT2D eigenvalue weighted by atomic mass is 16.8. The molecule has 1 heterocycles. The van der Waals surface area contributed by atoms with Crippen LogP contribution in [0.15, 0.2) is 0 Å². The van der Waals surface area contributed by atoms with Gasteiger partial charge in [0.15, 0.2) is 12.1 Å². The Morgan fingerprint density at radius 2 is 1.86 bits per heavy atom. The number of ether oxygens (including phenoxy) is 3. The molecule has 5 nitrogen and oxygen atoms in total. The van der Waals surface area contributed by atoms with Gasteiger partial charge in [-0.15, -0.1) is 0 Å². The second-order valence-electron chi connectivity index (χ2n) is 3.83. The summed E-state index contributed by atoms with van der Waals surface area (Å²) >= 11 is 0. The van der Waals surface area contributed by atoms with Crippen molar-refractivity contribution in [2.45, 2.75) is 45.1 Å². The first-order chi connectivity index (χ1) is 6.48. The molecule has 0 aromatic rings. The van der Waals surface area contributed by atoms with Crippen LogP contribution in [-0.4, -0.2) is 47.7 Å². The fourth-order valence-corrected chi connectivity index (χ4v) is 1.38. The summed E-state index contributed by atoms with van der Waals surface area (Å²) in [6.45, 7) is 4.94. The van der Waals surface area contributed by atoms with Crippen molar-refractivity contribution in [3.8, 4) is 0 Å².